The summed E-state index contributed by atoms with van der Waals surface area (Å²) in [4.78, 5) is 27.4. The van der Waals surface area contributed by atoms with Gasteiger partial charge in [0.05, 0.1) is 17.8 Å². The molecule has 1 amide bonds. The van der Waals surface area contributed by atoms with Gasteiger partial charge in [0, 0.05) is 57.2 Å². The summed E-state index contributed by atoms with van der Waals surface area (Å²) in [5.41, 5.74) is 4.28. The van der Waals surface area contributed by atoms with Gasteiger partial charge in [0.1, 0.15) is 17.1 Å². The third-order valence-corrected chi connectivity index (χ3v) is 8.73. The lowest BCUT2D eigenvalue weighted by Gasteiger charge is -2.36. The predicted octanol–water partition coefficient (Wildman–Crippen LogP) is 6.12. The summed E-state index contributed by atoms with van der Waals surface area (Å²) in [6.07, 6.45) is 1.77. The Labute approximate surface area is 245 Å². The van der Waals surface area contributed by atoms with Crippen LogP contribution in [0.25, 0.3) is 11.0 Å². The Bertz CT molecular complexity index is 1560. The number of aromatic nitrogens is 2. The number of likely N-dealkylation sites (N-methyl/N-ethyl adjacent to an activating group) is 1. The van der Waals surface area contributed by atoms with Crippen molar-refractivity contribution >= 4 is 16.9 Å². The molecule has 0 unspecified atom stereocenters. The average Bonchev–Trinajstić information content (AvgIpc) is 3.49. The molecule has 1 atom stereocenters. The van der Waals surface area contributed by atoms with Crippen LogP contribution in [0.5, 0.6) is 11.5 Å². The predicted molar refractivity (Wildman–Crippen MR) is 159 cm³/mol. The first-order valence-corrected chi connectivity index (χ1v) is 14.8. The summed E-state index contributed by atoms with van der Waals surface area (Å²) in [5, 5.41) is 0.897. The summed E-state index contributed by atoms with van der Waals surface area (Å²) in [6, 6.07) is 14.8. The molecule has 4 aromatic rings. The lowest BCUT2D eigenvalue weighted by Crippen LogP contribution is -2.45. The number of H-pyrrole nitrogens is 1. The Hall–Kier alpha value is -3.82. The molecule has 2 aromatic carbocycles. The molecule has 1 saturated heterocycles. The summed E-state index contributed by atoms with van der Waals surface area (Å²) in [6.45, 7) is 9.92. The molecule has 220 valence electrons. The number of piperazine rings is 1. The van der Waals surface area contributed by atoms with E-state index in [1.807, 2.05) is 48.4 Å². The Balaban J connectivity index is 1.14. The normalized spacial score (nSPS) is 18.0. The topological polar surface area (TPSA) is 64.7 Å². The fourth-order valence-electron chi connectivity index (χ4n) is 6.23. The van der Waals surface area contributed by atoms with E-state index in [0.29, 0.717) is 35.7 Å². The summed E-state index contributed by atoms with van der Waals surface area (Å²) in [7, 11) is 0. The van der Waals surface area contributed by atoms with Crippen LogP contribution in [-0.2, 0) is 24.2 Å². The third-order valence-electron chi connectivity index (χ3n) is 8.73. The van der Waals surface area contributed by atoms with Crippen LogP contribution in [0.2, 0.25) is 0 Å². The molecule has 0 radical (unpaired) electrons. The van der Waals surface area contributed by atoms with Gasteiger partial charge in [-0.3, -0.25) is 9.69 Å². The fourth-order valence-corrected chi connectivity index (χ4v) is 6.23. The van der Waals surface area contributed by atoms with Gasteiger partial charge in [0.15, 0.2) is 0 Å². The van der Waals surface area contributed by atoms with E-state index in [2.05, 4.69) is 32.8 Å². The van der Waals surface area contributed by atoms with E-state index < -0.39 is 6.43 Å². The maximum atomic E-state index is 14.1. The second-order valence-electron chi connectivity index (χ2n) is 11.2. The number of rotatable bonds is 8. The maximum absolute atomic E-state index is 14.1. The Morgan fingerprint density at radius 3 is 2.64 bits per heavy atom. The highest BCUT2D eigenvalue weighted by molar-refractivity contribution is 5.82. The summed E-state index contributed by atoms with van der Waals surface area (Å²) >= 11 is 0. The van der Waals surface area contributed by atoms with Crippen LogP contribution in [0.4, 0.5) is 8.78 Å². The fraction of sp³-hybridized carbons (Fsp3) is 0.394. The van der Waals surface area contributed by atoms with Crippen LogP contribution in [0.15, 0.2) is 60.9 Å². The molecule has 0 spiro atoms. The van der Waals surface area contributed by atoms with E-state index >= 15 is 0 Å². The minimum atomic E-state index is -2.58. The first-order valence-electron chi connectivity index (χ1n) is 14.8. The number of aromatic amines is 1. The molecule has 0 saturated carbocycles. The number of nitrogens with zero attached hydrogens (tertiary/aromatic N) is 4. The molecule has 2 aliphatic heterocycles. The number of hydrogen-bond donors (Lipinski definition) is 1. The van der Waals surface area contributed by atoms with Crippen molar-refractivity contribution in [2.24, 2.45) is 0 Å². The molecule has 6 rings (SSSR count). The number of fused-ring (bicyclic) bond motifs is 2. The monoisotopic (exact) mass is 573 g/mol. The molecule has 0 aliphatic carbocycles. The highest BCUT2D eigenvalue weighted by Crippen LogP contribution is 2.35. The number of carbonyl (C=O) groups excluding carboxylic acids is 1. The van der Waals surface area contributed by atoms with Crippen LogP contribution in [-0.4, -0.2) is 69.8 Å². The standard InChI is InChI=1S/C33H37F2N5O2/c1-3-38-14-16-39(17-15-38)21-25-5-4-23(18-29(25)32(34)35)19-31(41)40-13-10-24-6-7-26(20-28(24)22(40)2)42-30-9-12-37-33-27(30)8-11-36-33/h4-9,11-12,18,20,22,32H,3,10,13-17,19,21H2,1-2H3,(H,36,37)/t22-/m0/s1. The zero-order chi connectivity index (χ0) is 29.2. The number of halogens is 2. The molecular weight excluding hydrogens is 536 g/mol. The van der Waals surface area contributed by atoms with Crippen LogP contribution in [0.3, 0.4) is 0 Å². The van der Waals surface area contributed by atoms with Crippen LogP contribution >= 0.6 is 0 Å². The minimum Gasteiger partial charge on any atom is -0.457 e. The molecule has 1 fully saturated rings. The SMILES string of the molecule is CCN1CCN(Cc2ccc(CC(=O)N3CCc4ccc(Oc5ccnc6[nH]ccc56)cc4[C@@H]3C)cc2C(F)F)CC1. The number of carbonyl (C=O) groups is 1. The van der Waals surface area contributed by atoms with Crippen LogP contribution in [0, 0.1) is 0 Å². The number of benzene rings is 2. The number of nitrogens with one attached hydrogen (secondary N) is 1. The zero-order valence-corrected chi connectivity index (χ0v) is 24.2. The largest absolute Gasteiger partial charge is 0.457 e. The second kappa shape index (κ2) is 12.2. The number of pyridine rings is 1. The van der Waals surface area contributed by atoms with Gasteiger partial charge in [-0.1, -0.05) is 25.1 Å². The van der Waals surface area contributed by atoms with E-state index in [4.69, 9.17) is 4.74 Å². The molecule has 2 aromatic heterocycles. The van der Waals surface area contributed by atoms with Gasteiger partial charge >= 0.3 is 0 Å². The number of amides is 1. The van der Waals surface area contributed by atoms with Gasteiger partial charge in [0.25, 0.3) is 6.43 Å². The molecule has 1 N–H and O–H groups in total. The van der Waals surface area contributed by atoms with Crippen molar-refractivity contribution in [3.8, 4) is 11.5 Å². The molecule has 4 heterocycles. The van der Waals surface area contributed by atoms with Crippen molar-refractivity contribution < 1.29 is 18.3 Å². The molecule has 2 aliphatic rings. The molecule has 42 heavy (non-hydrogen) atoms. The van der Waals surface area contributed by atoms with Crippen molar-refractivity contribution in [3.63, 3.8) is 0 Å². The van der Waals surface area contributed by atoms with Gasteiger partial charge in [-0.2, -0.15) is 0 Å². The van der Waals surface area contributed by atoms with Gasteiger partial charge in [0.2, 0.25) is 5.91 Å². The first-order chi connectivity index (χ1) is 20.4. The number of alkyl halides is 2. The van der Waals surface area contributed by atoms with Gasteiger partial charge in [-0.25, -0.2) is 13.8 Å². The van der Waals surface area contributed by atoms with Crippen molar-refractivity contribution in [2.75, 3.05) is 39.3 Å². The molecule has 9 heteroatoms. The second-order valence-corrected chi connectivity index (χ2v) is 11.2. The highest BCUT2D eigenvalue weighted by Gasteiger charge is 2.29. The lowest BCUT2D eigenvalue weighted by molar-refractivity contribution is -0.133. The maximum Gasteiger partial charge on any atom is 0.264 e. The van der Waals surface area contributed by atoms with E-state index in [9.17, 15) is 13.6 Å². The van der Waals surface area contributed by atoms with E-state index in [-0.39, 0.29) is 23.9 Å². The van der Waals surface area contributed by atoms with E-state index in [1.165, 1.54) is 11.6 Å². The van der Waals surface area contributed by atoms with Crippen LogP contribution in [0.1, 0.15) is 54.1 Å². The molecule has 7 nitrogen and oxygen atoms in total. The Kier molecular flexibility index (Phi) is 8.22. The van der Waals surface area contributed by atoms with Gasteiger partial charge < -0.3 is 19.5 Å². The highest BCUT2D eigenvalue weighted by atomic mass is 19.3. The Morgan fingerprint density at radius 1 is 1.05 bits per heavy atom. The summed E-state index contributed by atoms with van der Waals surface area (Å²) < 4.78 is 34.5. The van der Waals surface area contributed by atoms with Crippen molar-refractivity contribution in [2.45, 2.75) is 45.7 Å². The molecule has 0 bridgehead atoms. The lowest BCUT2D eigenvalue weighted by atomic mass is 9.92. The zero-order valence-electron chi connectivity index (χ0n) is 24.2. The summed E-state index contributed by atoms with van der Waals surface area (Å²) in [5.74, 6) is 1.34. The van der Waals surface area contributed by atoms with Crippen LogP contribution < -0.4 is 4.74 Å². The quantitative estimate of drug-likeness (QED) is 0.275. The number of ether oxygens (including phenoxy) is 1. The first kappa shape index (κ1) is 28.3. The van der Waals surface area contributed by atoms with Crippen molar-refractivity contribution in [1.82, 2.24) is 24.7 Å². The van der Waals surface area contributed by atoms with E-state index in [0.717, 1.165) is 55.7 Å². The van der Waals surface area contributed by atoms with Crippen molar-refractivity contribution in [3.05, 3.63) is 88.7 Å². The minimum absolute atomic E-state index is 0.0321. The van der Waals surface area contributed by atoms with Crippen molar-refractivity contribution in [1.29, 1.82) is 0 Å². The van der Waals surface area contributed by atoms with E-state index in [1.54, 1.807) is 12.3 Å². The Morgan fingerprint density at radius 2 is 1.86 bits per heavy atom. The number of hydrogen-bond acceptors (Lipinski definition) is 5. The molecular formula is C33H37F2N5O2. The van der Waals surface area contributed by atoms with Gasteiger partial charge in [-0.05, 0) is 72.5 Å². The third kappa shape index (κ3) is 5.89. The van der Waals surface area contributed by atoms with Gasteiger partial charge in [-0.15, -0.1) is 0 Å². The average molecular weight is 574 g/mol. The smallest absolute Gasteiger partial charge is 0.264 e.